The second-order valence-corrected chi connectivity index (χ2v) is 16.7. The van der Waals surface area contributed by atoms with Gasteiger partial charge in [-0.25, -0.2) is 9.59 Å². The minimum atomic E-state index is -4.53. The number of methoxy groups -OCH3 is 1. The Balaban J connectivity index is 2.45. The molecule has 2 atom stereocenters. The number of hydrogen-bond acceptors (Lipinski definition) is 6. The summed E-state index contributed by atoms with van der Waals surface area (Å²) in [6.07, 6.45) is -5.04. The van der Waals surface area contributed by atoms with Gasteiger partial charge in [0, 0.05) is 19.0 Å². The summed E-state index contributed by atoms with van der Waals surface area (Å²) in [6.45, 7) is 16.7. The standard InChI is InChI=1S/C25H39F3N2O5Si/c1-22(2,3)34-21(32)30-15-17(14-24(30,7)20(31)33-8)29-18-12-11-16(25(26,27)28)13-19(18)35-36(9,10)23(4,5)6/h11-13,17,29H,14-15H2,1-10H3/t17-,24+/m0/s1. The molecule has 0 aliphatic carbocycles. The number of nitrogens with zero attached hydrogens (tertiary/aromatic N) is 1. The fraction of sp³-hybridized carbons (Fsp3) is 0.680. The van der Waals surface area contributed by atoms with Crippen LogP contribution in [0.15, 0.2) is 18.2 Å². The topological polar surface area (TPSA) is 77.1 Å². The summed E-state index contributed by atoms with van der Waals surface area (Å²) in [7, 11) is -1.25. The van der Waals surface area contributed by atoms with Gasteiger partial charge >= 0.3 is 18.2 Å². The average Bonchev–Trinajstić information content (AvgIpc) is 3.03. The molecule has 1 aromatic rings. The van der Waals surface area contributed by atoms with Crippen LogP contribution in [0.2, 0.25) is 18.1 Å². The Kier molecular flexibility index (Phi) is 8.10. The molecule has 36 heavy (non-hydrogen) atoms. The van der Waals surface area contributed by atoms with Crippen molar-refractivity contribution in [1.82, 2.24) is 4.90 Å². The highest BCUT2D eigenvalue weighted by atomic mass is 28.4. The highest BCUT2D eigenvalue weighted by Crippen LogP contribution is 2.43. The van der Waals surface area contributed by atoms with Crippen molar-refractivity contribution in [1.29, 1.82) is 0 Å². The van der Waals surface area contributed by atoms with Crippen LogP contribution in [-0.4, -0.2) is 56.1 Å². The Hall–Kier alpha value is -2.43. The van der Waals surface area contributed by atoms with Crippen molar-refractivity contribution in [2.24, 2.45) is 0 Å². The lowest BCUT2D eigenvalue weighted by atomic mass is 9.97. The van der Waals surface area contributed by atoms with Gasteiger partial charge in [-0.15, -0.1) is 0 Å². The smallest absolute Gasteiger partial charge is 0.416 e. The number of benzene rings is 1. The minimum Gasteiger partial charge on any atom is -0.542 e. The number of likely N-dealkylation sites (tertiary alicyclic amines) is 1. The summed E-state index contributed by atoms with van der Waals surface area (Å²) < 4.78 is 57.3. The van der Waals surface area contributed by atoms with Gasteiger partial charge < -0.3 is 19.2 Å². The molecule has 1 heterocycles. The van der Waals surface area contributed by atoms with Crippen molar-refractivity contribution < 1.29 is 36.7 Å². The molecule has 0 radical (unpaired) electrons. The second-order valence-electron chi connectivity index (χ2n) is 12.0. The molecule has 1 amide bonds. The summed E-state index contributed by atoms with van der Waals surface area (Å²) in [5.74, 6) is -0.519. The van der Waals surface area contributed by atoms with Gasteiger partial charge in [-0.1, -0.05) is 20.8 Å². The van der Waals surface area contributed by atoms with Crippen LogP contribution in [0, 0.1) is 0 Å². The third kappa shape index (κ3) is 6.66. The molecule has 1 N–H and O–H groups in total. The highest BCUT2D eigenvalue weighted by Gasteiger charge is 2.52. The summed E-state index contributed by atoms with van der Waals surface area (Å²) >= 11 is 0. The molecule has 1 fully saturated rings. The largest absolute Gasteiger partial charge is 0.542 e. The van der Waals surface area contributed by atoms with Crippen molar-refractivity contribution in [2.75, 3.05) is 19.0 Å². The molecular formula is C25H39F3N2O5Si. The lowest BCUT2D eigenvalue weighted by Gasteiger charge is -2.37. The fourth-order valence-corrected chi connectivity index (χ4v) is 4.75. The Labute approximate surface area is 212 Å². The zero-order valence-electron chi connectivity index (χ0n) is 22.8. The van der Waals surface area contributed by atoms with Gasteiger partial charge in [0.15, 0.2) is 0 Å². The quantitative estimate of drug-likeness (QED) is 0.347. The SMILES string of the molecule is COC(=O)[C@@]1(C)C[C@H](Nc2ccc(C(F)(F)F)cc2O[Si](C)(C)C(C)(C)C)CN1C(=O)OC(C)(C)C. The maximum atomic E-state index is 13.5. The number of ether oxygens (including phenoxy) is 2. The third-order valence-electron chi connectivity index (χ3n) is 6.72. The summed E-state index contributed by atoms with van der Waals surface area (Å²) in [5, 5.41) is 2.97. The van der Waals surface area contributed by atoms with Crippen LogP contribution in [-0.2, 0) is 20.4 Å². The number of halogens is 3. The van der Waals surface area contributed by atoms with E-state index in [1.807, 2.05) is 33.9 Å². The molecule has 0 unspecified atom stereocenters. The number of esters is 1. The van der Waals surface area contributed by atoms with Crippen molar-refractivity contribution in [3.8, 4) is 5.75 Å². The molecule has 7 nitrogen and oxygen atoms in total. The number of carbonyl (C=O) groups is 2. The van der Waals surface area contributed by atoms with Crippen LogP contribution in [0.4, 0.5) is 23.7 Å². The second kappa shape index (κ2) is 9.79. The van der Waals surface area contributed by atoms with Crippen LogP contribution >= 0.6 is 0 Å². The average molecular weight is 533 g/mol. The molecule has 0 spiro atoms. The number of alkyl halides is 3. The fourth-order valence-electron chi connectivity index (χ4n) is 3.73. The zero-order valence-corrected chi connectivity index (χ0v) is 23.8. The molecular weight excluding hydrogens is 493 g/mol. The van der Waals surface area contributed by atoms with Crippen LogP contribution < -0.4 is 9.74 Å². The van der Waals surface area contributed by atoms with E-state index in [-0.39, 0.29) is 23.8 Å². The highest BCUT2D eigenvalue weighted by molar-refractivity contribution is 6.74. The first-order chi connectivity index (χ1) is 16.1. The van der Waals surface area contributed by atoms with Gasteiger partial charge in [0.25, 0.3) is 8.32 Å². The molecule has 0 bridgehead atoms. The Bertz CT molecular complexity index is 985. The third-order valence-corrected chi connectivity index (χ3v) is 11.1. The predicted octanol–water partition coefficient (Wildman–Crippen LogP) is 6.44. The minimum absolute atomic E-state index is 0.0844. The zero-order chi connectivity index (χ0) is 27.9. The van der Waals surface area contributed by atoms with E-state index >= 15 is 0 Å². The molecule has 11 heteroatoms. The van der Waals surface area contributed by atoms with E-state index in [9.17, 15) is 22.8 Å². The van der Waals surface area contributed by atoms with Crippen LogP contribution in [0.3, 0.4) is 0 Å². The van der Waals surface area contributed by atoms with E-state index in [0.29, 0.717) is 5.69 Å². The number of rotatable bonds is 5. The molecule has 1 saturated heterocycles. The van der Waals surface area contributed by atoms with E-state index in [1.54, 1.807) is 27.7 Å². The Morgan fingerprint density at radius 1 is 1.11 bits per heavy atom. The van der Waals surface area contributed by atoms with Crippen LogP contribution in [0.1, 0.15) is 60.5 Å². The van der Waals surface area contributed by atoms with E-state index in [4.69, 9.17) is 13.9 Å². The van der Waals surface area contributed by atoms with E-state index in [0.717, 1.165) is 12.1 Å². The number of amides is 1. The van der Waals surface area contributed by atoms with Gasteiger partial charge in [-0.2, -0.15) is 13.2 Å². The van der Waals surface area contributed by atoms with Gasteiger partial charge in [0.2, 0.25) is 0 Å². The maximum Gasteiger partial charge on any atom is 0.416 e. The first-order valence-corrected chi connectivity index (χ1v) is 14.8. The van der Waals surface area contributed by atoms with E-state index in [1.165, 1.54) is 18.1 Å². The number of anilines is 1. The normalized spacial score (nSPS) is 21.2. The van der Waals surface area contributed by atoms with E-state index < -0.39 is 49.3 Å². The van der Waals surface area contributed by atoms with Gasteiger partial charge in [-0.05, 0) is 64.0 Å². The van der Waals surface area contributed by atoms with Crippen molar-refractivity contribution in [2.45, 2.75) is 96.4 Å². The van der Waals surface area contributed by atoms with Crippen LogP contribution in [0.5, 0.6) is 5.75 Å². The number of hydrogen-bond donors (Lipinski definition) is 1. The Morgan fingerprint density at radius 3 is 2.17 bits per heavy atom. The lowest BCUT2D eigenvalue weighted by molar-refractivity contribution is -0.152. The predicted molar refractivity (Wildman–Crippen MR) is 135 cm³/mol. The van der Waals surface area contributed by atoms with Crippen molar-refractivity contribution in [3.05, 3.63) is 23.8 Å². The molecule has 1 aliphatic rings. The van der Waals surface area contributed by atoms with Gasteiger partial charge in [0.1, 0.15) is 16.9 Å². The number of carbonyl (C=O) groups excluding carboxylic acids is 2. The lowest BCUT2D eigenvalue weighted by Crippen LogP contribution is -2.52. The van der Waals surface area contributed by atoms with Gasteiger partial charge in [0.05, 0.1) is 18.4 Å². The van der Waals surface area contributed by atoms with E-state index in [2.05, 4.69) is 5.32 Å². The maximum absolute atomic E-state index is 13.5. The molecule has 0 saturated carbocycles. The molecule has 1 aromatic carbocycles. The monoisotopic (exact) mass is 532 g/mol. The molecule has 0 aromatic heterocycles. The molecule has 2 rings (SSSR count). The number of nitrogens with one attached hydrogen (secondary N) is 1. The van der Waals surface area contributed by atoms with Crippen molar-refractivity contribution in [3.63, 3.8) is 0 Å². The first-order valence-electron chi connectivity index (χ1n) is 11.9. The molecule has 204 valence electrons. The summed E-state index contributed by atoms with van der Waals surface area (Å²) in [5.41, 5.74) is -2.56. The van der Waals surface area contributed by atoms with Crippen LogP contribution in [0.25, 0.3) is 0 Å². The van der Waals surface area contributed by atoms with Crippen molar-refractivity contribution >= 4 is 26.1 Å². The van der Waals surface area contributed by atoms with Gasteiger partial charge in [-0.3, -0.25) is 4.90 Å². The summed E-state index contributed by atoms with van der Waals surface area (Å²) in [4.78, 5) is 26.9. The summed E-state index contributed by atoms with van der Waals surface area (Å²) in [6, 6.07) is 2.85. The first kappa shape index (κ1) is 29.8. The Morgan fingerprint density at radius 2 is 1.69 bits per heavy atom. The molecule has 1 aliphatic heterocycles.